The van der Waals surface area contributed by atoms with Gasteiger partial charge in [-0.3, -0.25) is 0 Å². The molecule has 0 bridgehead atoms. The van der Waals surface area contributed by atoms with E-state index >= 15 is 0 Å². The smallest absolute Gasteiger partial charge is 0.358 e. The van der Waals surface area contributed by atoms with E-state index in [0.717, 1.165) is 0 Å². The van der Waals surface area contributed by atoms with E-state index in [9.17, 15) is 4.79 Å². The summed E-state index contributed by atoms with van der Waals surface area (Å²) in [7, 11) is 0. The molecule has 5 heteroatoms. The highest BCUT2D eigenvalue weighted by Crippen LogP contribution is 2.25. The Labute approximate surface area is 78.9 Å². The van der Waals surface area contributed by atoms with Gasteiger partial charge in [0, 0.05) is 5.56 Å². The van der Waals surface area contributed by atoms with Crippen molar-refractivity contribution in [1.29, 1.82) is 0 Å². The molecule has 0 saturated heterocycles. The van der Waals surface area contributed by atoms with Crippen molar-refractivity contribution in [3.8, 4) is 11.5 Å². The third-order valence-corrected chi connectivity index (χ3v) is 1.87. The van der Waals surface area contributed by atoms with E-state index in [1.807, 2.05) is 0 Å². The fourth-order valence-electron chi connectivity index (χ4n) is 1.17. The third kappa shape index (κ3) is 1.19. The summed E-state index contributed by atoms with van der Waals surface area (Å²) in [5, 5.41) is 12.2. The summed E-state index contributed by atoms with van der Waals surface area (Å²) in [6.45, 7) is 1.62. The van der Waals surface area contributed by atoms with Gasteiger partial charge in [0.15, 0.2) is 11.5 Å². The van der Waals surface area contributed by atoms with Gasteiger partial charge in [-0.2, -0.15) is 0 Å². The van der Waals surface area contributed by atoms with Crippen molar-refractivity contribution in [2.24, 2.45) is 0 Å². The summed E-state index contributed by atoms with van der Waals surface area (Å²) in [6.07, 6.45) is 1.48. The molecule has 2 aromatic heterocycles. The van der Waals surface area contributed by atoms with Crippen molar-refractivity contribution < 1.29 is 18.8 Å². The Balaban J connectivity index is 2.52. The number of rotatable bonds is 2. The summed E-state index contributed by atoms with van der Waals surface area (Å²) in [5.41, 5.74) is 0.379. The summed E-state index contributed by atoms with van der Waals surface area (Å²) < 4.78 is 9.94. The number of nitrogens with zero attached hydrogens (tertiary/aromatic N) is 1. The number of furan rings is 1. The lowest BCUT2D eigenvalue weighted by molar-refractivity contribution is 0.0685. The van der Waals surface area contributed by atoms with Crippen LogP contribution in [-0.4, -0.2) is 16.2 Å². The Morgan fingerprint density at radius 2 is 2.36 bits per heavy atom. The van der Waals surface area contributed by atoms with Crippen LogP contribution in [0.4, 0.5) is 0 Å². The van der Waals surface area contributed by atoms with Crippen molar-refractivity contribution in [3.05, 3.63) is 29.7 Å². The van der Waals surface area contributed by atoms with Gasteiger partial charge in [-0.15, -0.1) is 0 Å². The Kier molecular flexibility index (Phi) is 1.85. The molecular formula is C9H7NO4. The van der Waals surface area contributed by atoms with Crippen molar-refractivity contribution >= 4 is 5.97 Å². The largest absolute Gasteiger partial charge is 0.476 e. The molecule has 0 aliphatic carbocycles. The molecule has 0 aliphatic rings. The predicted molar refractivity (Wildman–Crippen MR) is 45.9 cm³/mol. The van der Waals surface area contributed by atoms with Crippen LogP contribution in [0.2, 0.25) is 0 Å². The van der Waals surface area contributed by atoms with Gasteiger partial charge >= 0.3 is 5.97 Å². The van der Waals surface area contributed by atoms with Crippen molar-refractivity contribution in [3.63, 3.8) is 0 Å². The van der Waals surface area contributed by atoms with Crippen LogP contribution in [0.1, 0.15) is 16.1 Å². The zero-order chi connectivity index (χ0) is 10.1. The zero-order valence-electron chi connectivity index (χ0n) is 7.35. The van der Waals surface area contributed by atoms with Crippen molar-refractivity contribution in [2.75, 3.05) is 0 Å². The maximum atomic E-state index is 10.7. The van der Waals surface area contributed by atoms with Gasteiger partial charge < -0.3 is 14.0 Å². The normalized spacial score (nSPS) is 10.4. The second-order valence-corrected chi connectivity index (χ2v) is 2.77. The highest BCUT2D eigenvalue weighted by Gasteiger charge is 2.19. The number of carboxylic acid groups (broad SMARTS) is 1. The average Bonchev–Trinajstić information content (AvgIpc) is 2.71. The van der Waals surface area contributed by atoms with Crippen LogP contribution >= 0.6 is 0 Å². The molecule has 5 nitrogen and oxygen atoms in total. The highest BCUT2D eigenvalue weighted by atomic mass is 16.5. The number of carbonyl (C=O) groups is 1. The quantitative estimate of drug-likeness (QED) is 0.788. The second kappa shape index (κ2) is 3.02. The van der Waals surface area contributed by atoms with E-state index in [-0.39, 0.29) is 5.69 Å². The standard InChI is InChI=1S/C9H7NO4/c1-5-7(9(11)12)10-14-8(5)6-3-2-4-13-6/h2-4H,1H3,(H,11,12). The van der Waals surface area contributed by atoms with Gasteiger partial charge in [0.2, 0.25) is 5.76 Å². The van der Waals surface area contributed by atoms with Crippen molar-refractivity contribution in [1.82, 2.24) is 5.16 Å². The Morgan fingerprint density at radius 3 is 2.86 bits per heavy atom. The molecule has 0 aromatic carbocycles. The summed E-state index contributed by atoms with van der Waals surface area (Å²) in [6, 6.07) is 3.37. The minimum absolute atomic E-state index is 0.0867. The molecule has 0 unspecified atom stereocenters. The number of aromatic carboxylic acids is 1. The Hall–Kier alpha value is -2.04. The van der Waals surface area contributed by atoms with Gasteiger partial charge in [0.25, 0.3) is 0 Å². The average molecular weight is 193 g/mol. The molecule has 1 N–H and O–H groups in total. The van der Waals surface area contributed by atoms with Gasteiger partial charge in [-0.25, -0.2) is 4.79 Å². The van der Waals surface area contributed by atoms with Gasteiger partial charge in [0.1, 0.15) is 0 Å². The van der Waals surface area contributed by atoms with Crippen LogP contribution in [0.25, 0.3) is 11.5 Å². The second-order valence-electron chi connectivity index (χ2n) is 2.77. The fourth-order valence-corrected chi connectivity index (χ4v) is 1.17. The molecule has 2 aromatic rings. The van der Waals surface area contributed by atoms with Gasteiger partial charge in [-0.1, -0.05) is 5.16 Å². The number of hydrogen-bond donors (Lipinski definition) is 1. The molecule has 0 fully saturated rings. The number of hydrogen-bond acceptors (Lipinski definition) is 4. The maximum Gasteiger partial charge on any atom is 0.358 e. The SMILES string of the molecule is Cc1c(C(=O)O)noc1-c1ccco1. The monoisotopic (exact) mass is 193 g/mol. The van der Waals surface area contributed by atoms with E-state index in [0.29, 0.717) is 17.1 Å². The predicted octanol–water partition coefficient (Wildman–Crippen LogP) is 1.94. The first-order chi connectivity index (χ1) is 6.70. The van der Waals surface area contributed by atoms with E-state index in [4.69, 9.17) is 14.0 Å². The topological polar surface area (TPSA) is 76.5 Å². The lowest BCUT2D eigenvalue weighted by Crippen LogP contribution is -1.98. The van der Waals surface area contributed by atoms with Gasteiger partial charge in [-0.05, 0) is 19.1 Å². The molecule has 0 atom stereocenters. The molecule has 0 amide bonds. The number of aromatic nitrogens is 1. The minimum Gasteiger partial charge on any atom is -0.476 e. The molecule has 2 rings (SSSR count). The Morgan fingerprint density at radius 1 is 1.57 bits per heavy atom. The molecule has 72 valence electrons. The van der Waals surface area contributed by atoms with E-state index < -0.39 is 5.97 Å². The van der Waals surface area contributed by atoms with E-state index in [2.05, 4.69) is 5.16 Å². The molecule has 0 saturated carbocycles. The molecule has 0 spiro atoms. The fraction of sp³-hybridized carbons (Fsp3) is 0.111. The lowest BCUT2D eigenvalue weighted by atomic mass is 10.2. The van der Waals surface area contributed by atoms with E-state index in [1.54, 1.807) is 19.1 Å². The van der Waals surface area contributed by atoms with Crippen LogP contribution < -0.4 is 0 Å². The number of carboxylic acids is 1. The highest BCUT2D eigenvalue weighted by molar-refractivity contribution is 5.88. The van der Waals surface area contributed by atoms with Crippen LogP contribution in [0.3, 0.4) is 0 Å². The summed E-state index contributed by atoms with van der Waals surface area (Å²) in [5.74, 6) is -0.279. The first kappa shape index (κ1) is 8.55. The minimum atomic E-state index is -1.11. The maximum absolute atomic E-state index is 10.7. The van der Waals surface area contributed by atoms with Gasteiger partial charge in [0.05, 0.1) is 6.26 Å². The molecule has 2 heterocycles. The zero-order valence-corrected chi connectivity index (χ0v) is 7.35. The van der Waals surface area contributed by atoms with Crippen molar-refractivity contribution in [2.45, 2.75) is 6.92 Å². The summed E-state index contributed by atoms with van der Waals surface area (Å²) >= 11 is 0. The Bertz CT molecular complexity index is 455. The molecule has 0 radical (unpaired) electrons. The lowest BCUT2D eigenvalue weighted by Gasteiger charge is -1.90. The first-order valence-electron chi connectivity index (χ1n) is 3.93. The van der Waals surface area contributed by atoms with E-state index in [1.165, 1.54) is 6.26 Å². The molecular weight excluding hydrogens is 186 g/mol. The van der Waals surface area contributed by atoms with Crippen LogP contribution in [0.5, 0.6) is 0 Å². The molecule has 14 heavy (non-hydrogen) atoms. The van der Waals surface area contributed by atoms with Crippen LogP contribution in [0, 0.1) is 6.92 Å². The summed E-state index contributed by atoms with van der Waals surface area (Å²) in [4.78, 5) is 10.7. The van der Waals surface area contributed by atoms with Crippen LogP contribution in [0.15, 0.2) is 27.3 Å². The van der Waals surface area contributed by atoms with Crippen LogP contribution in [-0.2, 0) is 0 Å². The first-order valence-corrected chi connectivity index (χ1v) is 3.93. The third-order valence-electron chi connectivity index (χ3n) is 1.87. The molecule has 0 aliphatic heterocycles.